The van der Waals surface area contributed by atoms with E-state index in [0.717, 1.165) is 5.56 Å². The molecular formula is C22H26F3N7O2. The van der Waals surface area contributed by atoms with Crippen LogP contribution in [0.4, 0.5) is 19.0 Å². The first-order chi connectivity index (χ1) is 16.2. The first kappa shape index (κ1) is 23.7. The van der Waals surface area contributed by atoms with E-state index in [4.69, 9.17) is 0 Å². The Balaban J connectivity index is 1.30. The minimum Gasteiger partial charge on any atom is -0.363 e. The number of nitrogens with zero attached hydrogens (tertiary/aromatic N) is 5. The minimum absolute atomic E-state index is 0.211. The van der Waals surface area contributed by atoms with Gasteiger partial charge in [0.1, 0.15) is 24.3 Å². The van der Waals surface area contributed by atoms with Gasteiger partial charge in [0.05, 0.1) is 24.2 Å². The third kappa shape index (κ3) is 5.38. The summed E-state index contributed by atoms with van der Waals surface area (Å²) < 4.78 is 41.5. The van der Waals surface area contributed by atoms with E-state index in [0.29, 0.717) is 24.3 Å². The maximum atomic E-state index is 13.5. The number of hydrogen-bond donors (Lipinski definition) is 2. The largest absolute Gasteiger partial charge is 0.363 e. The fourth-order valence-electron chi connectivity index (χ4n) is 3.72. The molecule has 2 aliphatic rings. The molecule has 0 radical (unpaired) electrons. The molecule has 0 spiro atoms. The highest BCUT2D eigenvalue weighted by molar-refractivity contribution is 5.86. The summed E-state index contributed by atoms with van der Waals surface area (Å²) in [6, 6.07) is 6.79. The molecule has 2 heterocycles. The molecule has 1 amide bonds. The van der Waals surface area contributed by atoms with Crippen LogP contribution < -0.4 is 15.6 Å². The molecule has 1 fully saturated rings. The maximum absolute atomic E-state index is 13.5. The van der Waals surface area contributed by atoms with Gasteiger partial charge in [-0.25, -0.2) is 28.3 Å². The average Bonchev–Trinajstić information content (AvgIpc) is 3.15. The Kier molecular flexibility index (Phi) is 6.60. The second-order valence-electron chi connectivity index (χ2n) is 8.65. The summed E-state index contributed by atoms with van der Waals surface area (Å²) in [4.78, 5) is 30.0. The summed E-state index contributed by atoms with van der Waals surface area (Å²) in [6.45, 7) is 0.632. The van der Waals surface area contributed by atoms with Crippen molar-refractivity contribution in [1.82, 2.24) is 25.5 Å². The molecule has 0 saturated heterocycles. The van der Waals surface area contributed by atoms with Crippen molar-refractivity contribution in [3.8, 4) is 0 Å². The van der Waals surface area contributed by atoms with Crippen LogP contribution in [0.1, 0.15) is 30.0 Å². The number of halogens is 3. The zero-order valence-electron chi connectivity index (χ0n) is 18.8. The number of benzene rings is 1. The first-order valence-electron chi connectivity index (χ1n) is 10.9. The number of aliphatic imine (C=N–C) groups is 1. The number of aldehydes is 1. The zero-order chi connectivity index (χ0) is 24.5. The van der Waals surface area contributed by atoms with Crippen LogP contribution in [0.15, 0.2) is 35.3 Å². The van der Waals surface area contributed by atoms with Gasteiger partial charge in [-0.3, -0.25) is 9.80 Å². The highest BCUT2D eigenvalue weighted by atomic mass is 19.3. The predicted molar refractivity (Wildman–Crippen MR) is 119 cm³/mol. The average molecular weight is 477 g/mol. The summed E-state index contributed by atoms with van der Waals surface area (Å²) >= 11 is 0. The van der Waals surface area contributed by atoms with Crippen LogP contribution in [0.5, 0.6) is 0 Å². The predicted octanol–water partition coefficient (Wildman–Crippen LogP) is 1.66. The van der Waals surface area contributed by atoms with Gasteiger partial charge in [0.2, 0.25) is 0 Å². The lowest BCUT2D eigenvalue weighted by atomic mass is 10.2. The molecule has 1 aliphatic heterocycles. The molecule has 34 heavy (non-hydrogen) atoms. The SMILES string of the molecule is CN(C)c1cc([C@@H]2CC2(F)F)nn1CC[C@@H](C=O)NC(=O)C1N=CN(Cc2ccc(F)cc2)N1. The minimum atomic E-state index is -2.72. The molecular weight excluding hydrogens is 451 g/mol. The van der Waals surface area contributed by atoms with E-state index in [1.165, 1.54) is 18.5 Å². The standard InChI is InChI=1S/C22H26F3N7O2/c1-30(2)19-9-18(17-10-22(17,24)25)28-32(19)8-7-16(12-33)27-21(34)20-26-13-31(29-20)11-14-3-5-15(23)6-4-14/h3-6,9,12-13,16-17,20,29H,7-8,10-11H2,1-2H3,(H,27,34)/t16-,17-,20?/m0/s1. The lowest BCUT2D eigenvalue weighted by Gasteiger charge is -2.20. The smallest absolute Gasteiger partial charge is 0.261 e. The van der Waals surface area contributed by atoms with Gasteiger partial charge >= 0.3 is 0 Å². The second-order valence-corrected chi connectivity index (χ2v) is 8.65. The number of aryl methyl sites for hydroxylation is 1. The maximum Gasteiger partial charge on any atom is 0.261 e. The molecule has 0 bridgehead atoms. The van der Waals surface area contributed by atoms with E-state index in [2.05, 4.69) is 20.8 Å². The molecule has 2 N–H and O–H groups in total. The highest BCUT2D eigenvalue weighted by Gasteiger charge is 2.59. The Morgan fingerprint density at radius 1 is 1.35 bits per heavy atom. The monoisotopic (exact) mass is 477 g/mol. The van der Waals surface area contributed by atoms with Crippen molar-refractivity contribution < 1.29 is 22.8 Å². The van der Waals surface area contributed by atoms with E-state index in [1.807, 2.05) is 0 Å². The van der Waals surface area contributed by atoms with Gasteiger partial charge < -0.3 is 15.0 Å². The van der Waals surface area contributed by atoms with Crippen molar-refractivity contribution in [2.75, 3.05) is 19.0 Å². The zero-order valence-corrected chi connectivity index (χ0v) is 18.8. The summed E-state index contributed by atoms with van der Waals surface area (Å²) in [5.41, 5.74) is 4.06. The summed E-state index contributed by atoms with van der Waals surface area (Å²) in [6.07, 6.45) is 1.20. The third-order valence-corrected chi connectivity index (χ3v) is 5.72. The number of aromatic nitrogens is 2. The fourth-order valence-corrected chi connectivity index (χ4v) is 3.72. The lowest BCUT2D eigenvalue weighted by Crippen LogP contribution is -2.49. The molecule has 1 aromatic heterocycles. The molecule has 2 aromatic rings. The van der Waals surface area contributed by atoms with Crippen LogP contribution in [-0.2, 0) is 22.7 Å². The number of carbonyl (C=O) groups excluding carboxylic acids is 2. The van der Waals surface area contributed by atoms with E-state index in [9.17, 15) is 22.8 Å². The Morgan fingerprint density at radius 2 is 2.06 bits per heavy atom. The van der Waals surface area contributed by atoms with Crippen molar-refractivity contribution in [3.05, 3.63) is 47.4 Å². The molecule has 1 saturated carbocycles. The summed E-state index contributed by atoms with van der Waals surface area (Å²) in [5.74, 6) is -3.77. The number of rotatable bonds is 10. The van der Waals surface area contributed by atoms with Gasteiger partial charge in [-0.05, 0) is 24.1 Å². The topological polar surface area (TPSA) is 94.9 Å². The molecule has 1 unspecified atom stereocenters. The Morgan fingerprint density at radius 3 is 2.68 bits per heavy atom. The van der Waals surface area contributed by atoms with Gasteiger partial charge in [0.25, 0.3) is 11.8 Å². The Labute approximate surface area is 194 Å². The van der Waals surface area contributed by atoms with E-state index >= 15 is 0 Å². The van der Waals surface area contributed by atoms with Gasteiger partial charge in [0, 0.05) is 33.1 Å². The van der Waals surface area contributed by atoms with Crippen molar-refractivity contribution >= 4 is 24.3 Å². The van der Waals surface area contributed by atoms with Gasteiger partial charge in [-0.15, -0.1) is 0 Å². The van der Waals surface area contributed by atoms with Crippen molar-refractivity contribution in [1.29, 1.82) is 0 Å². The van der Waals surface area contributed by atoms with Gasteiger partial charge in [-0.1, -0.05) is 12.1 Å². The first-order valence-corrected chi connectivity index (χ1v) is 10.9. The molecule has 1 aliphatic carbocycles. The van der Waals surface area contributed by atoms with Gasteiger partial charge in [0.15, 0.2) is 6.17 Å². The summed E-state index contributed by atoms with van der Waals surface area (Å²) in [7, 11) is 3.56. The molecule has 9 nitrogen and oxygen atoms in total. The highest BCUT2D eigenvalue weighted by Crippen LogP contribution is 2.55. The van der Waals surface area contributed by atoms with Gasteiger partial charge in [-0.2, -0.15) is 5.10 Å². The summed E-state index contributed by atoms with van der Waals surface area (Å²) in [5, 5.41) is 8.54. The quantitative estimate of drug-likeness (QED) is 0.506. The van der Waals surface area contributed by atoms with Crippen LogP contribution in [0, 0.1) is 5.82 Å². The molecule has 12 heteroatoms. The number of nitrogens with one attached hydrogen (secondary N) is 2. The van der Waals surface area contributed by atoms with Crippen LogP contribution in [0.25, 0.3) is 0 Å². The van der Waals surface area contributed by atoms with Crippen LogP contribution >= 0.6 is 0 Å². The number of hydrazine groups is 1. The third-order valence-electron chi connectivity index (χ3n) is 5.72. The number of carbonyl (C=O) groups is 2. The van der Waals surface area contributed by atoms with E-state index in [1.54, 1.807) is 46.9 Å². The molecule has 4 rings (SSSR count). The number of hydrogen-bond acceptors (Lipinski definition) is 7. The van der Waals surface area contributed by atoms with E-state index in [-0.39, 0.29) is 25.2 Å². The Hall–Kier alpha value is -3.41. The molecule has 182 valence electrons. The Bertz CT molecular complexity index is 1070. The fraction of sp³-hybridized carbons (Fsp3) is 0.455. The lowest BCUT2D eigenvalue weighted by molar-refractivity contribution is -0.126. The molecule has 3 atom stereocenters. The normalized spacial score (nSPS) is 21.4. The number of amides is 1. The van der Waals surface area contributed by atoms with Crippen molar-refractivity contribution in [2.45, 2.75) is 50.0 Å². The van der Waals surface area contributed by atoms with Crippen LogP contribution in [0.3, 0.4) is 0 Å². The van der Waals surface area contributed by atoms with E-state index < -0.39 is 30.0 Å². The number of alkyl halides is 2. The second kappa shape index (κ2) is 9.45. The van der Waals surface area contributed by atoms with Crippen LogP contribution in [-0.4, -0.2) is 65.5 Å². The van der Waals surface area contributed by atoms with Crippen molar-refractivity contribution in [3.63, 3.8) is 0 Å². The van der Waals surface area contributed by atoms with Crippen LogP contribution in [0.2, 0.25) is 0 Å². The molecule has 1 aromatic carbocycles. The number of anilines is 1. The van der Waals surface area contributed by atoms with Crippen molar-refractivity contribution in [2.24, 2.45) is 4.99 Å².